The second-order valence-corrected chi connectivity index (χ2v) is 4.98. The van der Waals surface area contributed by atoms with E-state index >= 15 is 0 Å². The molecule has 0 saturated carbocycles. The number of hydrogen-bond donors (Lipinski definition) is 2. The van der Waals surface area contributed by atoms with Crippen molar-refractivity contribution >= 4 is 5.82 Å². The largest absolute Gasteiger partial charge is 0.370 e. The van der Waals surface area contributed by atoms with Crippen molar-refractivity contribution in [1.82, 2.24) is 9.97 Å². The molecule has 1 aliphatic rings. The van der Waals surface area contributed by atoms with Gasteiger partial charge in [0.05, 0.1) is 0 Å². The van der Waals surface area contributed by atoms with Crippen molar-refractivity contribution in [1.29, 1.82) is 0 Å². The number of aromatic nitrogens is 2. The number of unbranched alkanes of at least 4 members (excludes halogenated alkanes) is 2. The van der Waals surface area contributed by atoms with Gasteiger partial charge in [-0.25, -0.2) is 9.97 Å². The molecule has 0 aromatic carbocycles. The lowest BCUT2D eigenvalue weighted by molar-refractivity contribution is 0.703. The number of rotatable bonds is 6. The summed E-state index contributed by atoms with van der Waals surface area (Å²) in [4.78, 5) is 8.83. The lowest BCUT2D eigenvalue weighted by Crippen LogP contribution is -2.09. The van der Waals surface area contributed by atoms with Crippen LogP contribution in [0.2, 0.25) is 0 Å². The molecule has 4 heteroatoms. The monoisotopic (exact) mass is 248 g/mol. The van der Waals surface area contributed by atoms with E-state index in [2.05, 4.69) is 15.3 Å². The average molecular weight is 248 g/mol. The van der Waals surface area contributed by atoms with Crippen LogP contribution in [0.4, 0.5) is 5.82 Å². The fraction of sp³-hybridized carbons (Fsp3) is 0.714. The molecular formula is C14H24N4. The van der Waals surface area contributed by atoms with Crippen LogP contribution in [0, 0.1) is 0 Å². The van der Waals surface area contributed by atoms with Crippen LogP contribution in [0.3, 0.4) is 0 Å². The average Bonchev–Trinajstić information content (AvgIpc) is 2.64. The third-order valence-corrected chi connectivity index (χ3v) is 3.55. The zero-order valence-electron chi connectivity index (χ0n) is 11.1. The number of fused-ring (bicyclic) bond motifs is 1. The lowest BCUT2D eigenvalue weighted by atomic mass is 10.1. The molecule has 0 fully saturated rings. The molecule has 0 radical (unpaired) electrons. The number of nitrogens with zero attached hydrogens (tertiary/aromatic N) is 2. The maximum absolute atomic E-state index is 5.49. The standard InChI is InChI=1S/C14H24N4/c15-9-5-2-6-10-16-14-12-7-3-1-4-8-13(12)17-11-18-14/h11H,1-10,15H2,(H,16,17,18). The quantitative estimate of drug-likeness (QED) is 0.599. The van der Waals surface area contributed by atoms with Gasteiger partial charge >= 0.3 is 0 Å². The first kappa shape index (κ1) is 13.3. The maximum Gasteiger partial charge on any atom is 0.132 e. The Morgan fingerprint density at radius 2 is 1.94 bits per heavy atom. The summed E-state index contributed by atoms with van der Waals surface area (Å²) < 4.78 is 0. The minimum absolute atomic E-state index is 0.795. The molecule has 0 unspecified atom stereocenters. The van der Waals surface area contributed by atoms with Crippen LogP contribution in [0.15, 0.2) is 6.33 Å². The number of nitrogens with one attached hydrogen (secondary N) is 1. The minimum atomic E-state index is 0.795. The molecule has 18 heavy (non-hydrogen) atoms. The normalized spacial score (nSPS) is 14.9. The van der Waals surface area contributed by atoms with E-state index in [1.807, 2.05) is 0 Å². The Balaban J connectivity index is 1.91. The molecular weight excluding hydrogens is 224 g/mol. The van der Waals surface area contributed by atoms with Crippen LogP contribution in [-0.4, -0.2) is 23.1 Å². The molecule has 2 rings (SSSR count). The molecule has 4 nitrogen and oxygen atoms in total. The predicted molar refractivity (Wildman–Crippen MR) is 74.7 cm³/mol. The van der Waals surface area contributed by atoms with Gasteiger partial charge in [0.2, 0.25) is 0 Å². The molecule has 1 aromatic heterocycles. The molecule has 1 aromatic rings. The van der Waals surface area contributed by atoms with Gasteiger partial charge in [-0.2, -0.15) is 0 Å². The Morgan fingerprint density at radius 3 is 2.83 bits per heavy atom. The second kappa shape index (κ2) is 7.31. The van der Waals surface area contributed by atoms with Gasteiger partial charge < -0.3 is 11.1 Å². The van der Waals surface area contributed by atoms with Gasteiger partial charge in [-0.15, -0.1) is 0 Å². The van der Waals surface area contributed by atoms with Gasteiger partial charge in [-0.1, -0.05) is 12.8 Å². The first-order valence-electron chi connectivity index (χ1n) is 7.18. The molecule has 0 amide bonds. The van der Waals surface area contributed by atoms with Crippen LogP contribution in [0.1, 0.15) is 49.8 Å². The van der Waals surface area contributed by atoms with Gasteiger partial charge in [-0.05, 0) is 45.1 Å². The summed E-state index contributed by atoms with van der Waals surface area (Å²) in [7, 11) is 0. The third kappa shape index (κ3) is 3.67. The Labute approximate surface area is 109 Å². The topological polar surface area (TPSA) is 63.8 Å². The van der Waals surface area contributed by atoms with E-state index < -0.39 is 0 Å². The highest BCUT2D eigenvalue weighted by atomic mass is 15.0. The van der Waals surface area contributed by atoms with Crippen molar-refractivity contribution in [2.75, 3.05) is 18.4 Å². The molecule has 0 aliphatic heterocycles. The molecule has 0 bridgehead atoms. The SMILES string of the molecule is NCCCCCNc1ncnc2c1CCCCC2. The molecule has 1 heterocycles. The summed E-state index contributed by atoms with van der Waals surface area (Å²) in [5.74, 6) is 1.06. The molecule has 3 N–H and O–H groups in total. The fourth-order valence-electron chi connectivity index (χ4n) is 2.50. The summed E-state index contributed by atoms with van der Waals surface area (Å²) in [5.41, 5.74) is 8.10. The Kier molecular flexibility index (Phi) is 5.39. The molecule has 0 atom stereocenters. The molecule has 0 saturated heterocycles. The third-order valence-electron chi connectivity index (χ3n) is 3.55. The Hall–Kier alpha value is -1.16. The van der Waals surface area contributed by atoms with Crippen LogP contribution < -0.4 is 11.1 Å². The summed E-state index contributed by atoms with van der Waals surface area (Å²) in [6.45, 7) is 1.78. The van der Waals surface area contributed by atoms with E-state index in [4.69, 9.17) is 5.73 Å². The van der Waals surface area contributed by atoms with Crippen LogP contribution in [-0.2, 0) is 12.8 Å². The van der Waals surface area contributed by atoms with Crippen molar-refractivity contribution in [3.05, 3.63) is 17.6 Å². The summed E-state index contributed by atoms with van der Waals surface area (Å²) in [6, 6.07) is 0. The van der Waals surface area contributed by atoms with E-state index in [9.17, 15) is 0 Å². The van der Waals surface area contributed by atoms with E-state index in [0.29, 0.717) is 0 Å². The lowest BCUT2D eigenvalue weighted by Gasteiger charge is -2.12. The van der Waals surface area contributed by atoms with Crippen molar-refractivity contribution < 1.29 is 0 Å². The highest BCUT2D eigenvalue weighted by molar-refractivity contribution is 5.46. The second-order valence-electron chi connectivity index (χ2n) is 4.98. The number of hydrogen-bond acceptors (Lipinski definition) is 4. The first-order chi connectivity index (χ1) is 8.92. The zero-order valence-corrected chi connectivity index (χ0v) is 11.1. The number of aryl methyl sites for hydroxylation is 1. The van der Waals surface area contributed by atoms with Crippen molar-refractivity contribution in [3.8, 4) is 0 Å². The van der Waals surface area contributed by atoms with Gasteiger partial charge in [0.15, 0.2) is 0 Å². The highest BCUT2D eigenvalue weighted by Crippen LogP contribution is 2.23. The highest BCUT2D eigenvalue weighted by Gasteiger charge is 2.13. The van der Waals surface area contributed by atoms with E-state index in [0.717, 1.165) is 44.6 Å². The zero-order chi connectivity index (χ0) is 12.6. The van der Waals surface area contributed by atoms with Gasteiger partial charge in [0, 0.05) is 17.8 Å². The van der Waals surface area contributed by atoms with Crippen molar-refractivity contribution in [2.24, 2.45) is 5.73 Å². The molecule has 0 spiro atoms. The first-order valence-corrected chi connectivity index (χ1v) is 7.18. The van der Waals surface area contributed by atoms with E-state index in [1.165, 1.54) is 36.9 Å². The predicted octanol–water partition coefficient (Wildman–Crippen LogP) is 2.29. The maximum atomic E-state index is 5.49. The Morgan fingerprint density at radius 1 is 1.06 bits per heavy atom. The summed E-state index contributed by atoms with van der Waals surface area (Å²) in [6.07, 6.45) is 11.2. The summed E-state index contributed by atoms with van der Waals surface area (Å²) in [5, 5.41) is 3.47. The van der Waals surface area contributed by atoms with Gasteiger partial charge in [0.1, 0.15) is 12.1 Å². The molecule has 1 aliphatic carbocycles. The number of anilines is 1. The van der Waals surface area contributed by atoms with E-state index in [-0.39, 0.29) is 0 Å². The van der Waals surface area contributed by atoms with Crippen molar-refractivity contribution in [3.63, 3.8) is 0 Å². The molecule has 100 valence electrons. The van der Waals surface area contributed by atoms with Crippen LogP contribution in [0.25, 0.3) is 0 Å². The fourth-order valence-corrected chi connectivity index (χ4v) is 2.50. The van der Waals surface area contributed by atoms with Crippen LogP contribution in [0.5, 0.6) is 0 Å². The minimum Gasteiger partial charge on any atom is -0.370 e. The van der Waals surface area contributed by atoms with Gasteiger partial charge in [-0.3, -0.25) is 0 Å². The summed E-state index contributed by atoms with van der Waals surface area (Å²) >= 11 is 0. The van der Waals surface area contributed by atoms with E-state index in [1.54, 1.807) is 6.33 Å². The van der Waals surface area contributed by atoms with Crippen molar-refractivity contribution in [2.45, 2.75) is 51.4 Å². The van der Waals surface area contributed by atoms with Crippen LogP contribution >= 0.6 is 0 Å². The van der Waals surface area contributed by atoms with Gasteiger partial charge in [0.25, 0.3) is 0 Å². The Bertz CT molecular complexity index is 365. The number of nitrogens with two attached hydrogens (primary N) is 1. The smallest absolute Gasteiger partial charge is 0.132 e.